The van der Waals surface area contributed by atoms with E-state index in [9.17, 15) is 4.79 Å². The Morgan fingerprint density at radius 2 is 1.84 bits per heavy atom. The van der Waals surface area contributed by atoms with Gasteiger partial charge in [0.1, 0.15) is 0 Å². The Balaban J connectivity index is 1.91. The van der Waals surface area contributed by atoms with Gasteiger partial charge in [-0.3, -0.25) is 4.79 Å². The third kappa shape index (κ3) is 2.95. The van der Waals surface area contributed by atoms with E-state index in [1.165, 1.54) is 15.7 Å². The van der Waals surface area contributed by atoms with Gasteiger partial charge in [-0.2, -0.15) is 0 Å². The smallest absolute Gasteiger partial charge is 0.267 e. The fourth-order valence-corrected chi connectivity index (χ4v) is 3.88. The Labute approximate surface area is 157 Å². The molecule has 2 aromatic carbocycles. The standard InChI is InChI=1S/C18H11Cl2N3OS/c1-10-2-4-11(5-3-10)16-21-22-18-23(16)17(24)15(25-18)8-12-6-7-13(19)9-14(12)20/h2-9H,1H3. The van der Waals surface area contributed by atoms with Gasteiger partial charge in [-0.15, -0.1) is 10.2 Å². The molecule has 2 heterocycles. The van der Waals surface area contributed by atoms with Gasteiger partial charge < -0.3 is 0 Å². The number of thiazole rings is 1. The molecule has 0 unspecified atom stereocenters. The maximum absolute atomic E-state index is 12.8. The summed E-state index contributed by atoms with van der Waals surface area (Å²) in [5.41, 5.74) is 2.57. The molecule has 0 saturated carbocycles. The molecule has 4 nitrogen and oxygen atoms in total. The fourth-order valence-electron chi connectivity index (χ4n) is 2.51. The monoisotopic (exact) mass is 387 g/mol. The van der Waals surface area contributed by atoms with Crippen LogP contribution in [0, 0.1) is 6.92 Å². The number of aryl methyl sites for hydroxylation is 1. The first kappa shape index (κ1) is 16.3. The van der Waals surface area contributed by atoms with E-state index in [0.29, 0.717) is 25.4 Å². The molecule has 4 aromatic rings. The molecule has 0 saturated heterocycles. The third-order valence-electron chi connectivity index (χ3n) is 3.81. The summed E-state index contributed by atoms with van der Waals surface area (Å²) >= 11 is 13.4. The van der Waals surface area contributed by atoms with Crippen molar-refractivity contribution in [2.45, 2.75) is 6.92 Å². The van der Waals surface area contributed by atoms with Crippen LogP contribution in [0.5, 0.6) is 0 Å². The molecule has 0 atom stereocenters. The first-order valence-electron chi connectivity index (χ1n) is 7.45. The van der Waals surface area contributed by atoms with Crippen LogP contribution in [-0.2, 0) is 0 Å². The van der Waals surface area contributed by atoms with E-state index in [1.807, 2.05) is 31.2 Å². The molecule has 0 bridgehead atoms. The highest BCUT2D eigenvalue weighted by atomic mass is 35.5. The lowest BCUT2D eigenvalue weighted by Gasteiger charge is -1.98. The van der Waals surface area contributed by atoms with Crippen LogP contribution in [0.4, 0.5) is 0 Å². The second-order valence-electron chi connectivity index (χ2n) is 5.59. The molecule has 2 aromatic heterocycles. The van der Waals surface area contributed by atoms with Gasteiger partial charge >= 0.3 is 0 Å². The zero-order valence-electron chi connectivity index (χ0n) is 13.0. The van der Waals surface area contributed by atoms with E-state index in [1.54, 1.807) is 24.3 Å². The number of benzene rings is 2. The summed E-state index contributed by atoms with van der Waals surface area (Å²) < 4.78 is 2.08. The van der Waals surface area contributed by atoms with Gasteiger partial charge in [0.2, 0.25) is 4.96 Å². The SMILES string of the molecule is Cc1ccc(-c2nnc3sc(=Cc4ccc(Cl)cc4Cl)c(=O)n23)cc1. The van der Waals surface area contributed by atoms with Crippen LogP contribution in [0.15, 0.2) is 47.3 Å². The van der Waals surface area contributed by atoms with Crippen molar-refractivity contribution in [3.63, 3.8) is 0 Å². The average molecular weight is 388 g/mol. The minimum absolute atomic E-state index is 0.161. The molecular weight excluding hydrogens is 377 g/mol. The van der Waals surface area contributed by atoms with Gasteiger partial charge in [0.15, 0.2) is 5.82 Å². The van der Waals surface area contributed by atoms with Crippen molar-refractivity contribution < 1.29 is 0 Å². The van der Waals surface area contributed by atoms with Crippen LogP contribution in [0.2, 0.25) is 10.0 Å². The quantitative estimate of drug-likeness (QED) is 0.522. The van der Waals surface area contributed by atoms with Crippen LogP contribution in [-0.4, -0.2) is 14.6 Å². The second kappa shape index (κ2) is 6.26. The van der Waals surface area contributed by atoms with Crippen molar-refractivity contribution in [2.24, 2.45) is 0 Å². The van der Waals surface area contributed by atoms with Crippen molar-refractivity contribution in [1.82, 2.24) is 14.6 Å². The van der Waals surface area contributed by atoms with Gasteiger partial charge in [-0.05, 0) is 30.7 Å². The first-order valence-corrected chi connectivity index (χ1v) is 9.02. The van der Waals surface area contributed by atoms with Crippen LogP contribution in [0.1, 0.15) is 11.1 Å². The molecule has 0 spiro atoms. The molecule has 0 fully saturated rings. The van der Waals surface area contributed by atoms with E-state index >= 15 is 0 Å². The van der Waals surface area contributed by atoms with Crippen molar-refractivity contribution in [3.8, 4) is 11.4 Å². The molecule has 0 radical (unpaired) electrons. The molecule has 25 heavy (non-hydrogen) atoms. The van der Waals surface area contributed by atoms with Gasteiger partial charge in [0.25, 0.3) is 5.56 Å². The summed E-state index contributed by atoms with van der Waals surface area (Å²) in [4.78, 5) is 13.4. The third-order valence-corrected chi connectivity index (χ3v) is 5.33. The molecule has 7 heteroatoms. The average Bonchev–Trinajstić information content (AvgIpc) is 3.12. The van der Waals surface area contributed by atoms with E-state index in [4.69, 9.17) is 23.2 Å². The molecule has 0 aliphatic rings. The molecular formula is C18H11Cl2N3OS. The molecule has 0 amide bonds. The predicted octanol–water partition coefficient (Wildman–Crippen LogP) is 3.98. The minimum atomic E-state index is -0.161. The maximum Gasteiger partial charge on any atom is 0.276 e. The van der Waals surface area contributed by atoms with Crippen LogP contribution in [0.3, 0.4) is 0 Å². The number of nitrogens with zero attached hydrogens (tertiary/aromatic N) is 3. The van der Waals surface area contributed by atoms with Crippen molar-refractivity contribution in [2.75, 3.05) is 0 Å². The Morgan fingerprint density at radius 3 is 2.56 bits per heavy atom. The van der Waals surface area contributed by atoms with E-state index in [-0.39, 0.29) is 5.56 Å². The van der Waals surface area contributed by atoms with E-state index in [2.05, 4.69) is 10.2 Å². The number of fused-ring (bicyclic) bond motifs is 1. The number of aromatic nitrogens is 3. The Kier molecular flexibility index (Phi) is 4.07. The number of hydrogen-bond donors (Lipinski definition) is 0. The molecule has 0 aliphatic heterocycles. The lowest BCUT2D eigenvalue weighted by atomic mass is 10.1. The largest absolute Gasteiger partial charge is 0.276 e. The summed E-state index contributed by atoms with van der Waals surface area (Å²) in [5.74, 6) is 0.540. The fraction of sp³-hybridized carbons (Fsp3) is 0.0556. The number of rotatable bonds is 2. The highest BCUT2D eigenvalue weighted by Gasteiger charge is 2.14. The summed E-state index contributed by atoms with van der Waals surface area (Å²) in [6, 6.07) is 13.0. The van der Waals surface area contributed by atoms with Crippen LogP contribution < -0.4 is 10.1 Å². The summed E-state index contributed by atoms with van der Waals surface area (Å²) in [6.07, 6.45) is 1.75. The molecule has 124 valence electrons. The topological polar surface area (TPSA) is 47.3 Å². The summed E-state index contributed by atoms with van der Waals surface area (Å²) in [5, 5.41) is 9.34. The van der Waals surface area contributed by atoms with E-state index < -0.39 is 0 Å². The summed E-state index contributed by atoms with van der Waals surface area (Å²) in [7, 11) is 0. The normalized spacial score (nSPS) is 12.2. The van der Waals surface area contributed by atoms with Crippen molar-refractivity contribution in [1.29, 1.82) is 0 Å². The zero-order chi connectivity index (χ0) is 17.6. The van der Waals surface area contributed by atoms with Crippen molar-refractivity contribution in [3.05, 3.63) is 78.5 Å². The minimum Gasteiger partial charge on any atom is -0.267 e. The van der Waals surface area contributed by atoms with Gasteiger partial charge in [0.05, 0.1) is 4.53 Å². The Bertz CT molecular complexity index is 1200. The Morgan fingerprint density at radius 1 is 1.08 bits per heavy atom. The highest BCUT2D eigenvalue weighted by Crippen LogP contribution is 2.22. The number of hydrogen-bond acceptors (Lipinski definition) is 4. The molecule has 4 rings (SSSR count). The van der Waals surface area contributed by atoms with E-state index in [0.717, 1.165) is 16.7 Å². The lowest BCUT2D eigenvalue weighted by Crippen LogP contribution is -2.23. The second-order valence-corrected chi connectivity index (χ2v) is 7.44. The predicted molar refractivity (Wildman–Crippen MR) is 103 cm³/mol. The Hall–Kier alpha value is -2.21. The zero-order valence-corrected chi connectivity index (χ0v) is 15.4. The highest BCUT2D eigenvalue weighted by molar-refractivity contribution is 7.15. The summed E-state index contributed by atoms with van der Waals surface area (Å²) in [6.45, 7) is 2.01. The lowest BCUT2D eigenvalue weighted by molar-refractivity contribution is 1.09. The van der Waals surface area contributed by atoms with Crippen LogP contribution >= 0.6 is 34.5 Å². The maximum atomic E-state index is 12.8. The molecule has 0 N–H and O–H groups in total. The number of halogens is 2. The first-order chi connectivity index (χ1) is 12.0. The van der Waals surface area contributed by atoms with Gasteiger partial charge in [-0.1, -0.05) is 70.4 Å². The van der Waals surface area contributed by atoms with Gasteiger partial charge in [0, 0.05) is 15.6 Å². The van der Waals surface area contributed by atoms with Crippen LogP contribution in [0.25, 0.3) is 22.4 Å². The van der Waals surface area contributed by atoms with Crippen molar-refractivity contribution >= 4 is 45.6 Å². The van der Waals surface area contributed by atoms with Gasteiger partial charge in [-0.25, -0.2) is 4.40 Å². The molecule has 0 aliphatic carbocycles.